The van der Waals surface area contributed by atoms with Crippen LogP contribution >= 0.6 is 11.8 Å². The summed E-state index contributed by atoms with van der Waals surface area (Å²) in [5.41, 5.74) is 7.50. The molecule has 1 aromatic heterocycles. The number of hydrogen-bond acceptors (Lipinski definition) is 3. The third kappa shape index (κ3) is 2.85. The van der Waals surface area contributed by atoms with Crippen LogP contribution in [0.1, 0.15) is 58.1 Å². The Morgan fingerprint density at radius 1 is 1.39 bits per heavy atom. The zero-order chi connectivity index (χ0) is 13.3. The standard InChI is InChI=1S/C14H25N3S/c1-5-18-9-8-11-12(15)17(10-6-7-10)13(16-11)14(2,3)4/h10H,5-9,15H2,1-4H3. The minimum Gasteiger partial charge on any atom is -0.384 e. The Morgan fingerprint density at radius 2 is 2.06 bits per heavy atom. The minimum absolute atomic E-state index is 0.0762. The summed E-state index contributed by atoms with van der Waals surface area (Å²) in [6.45, 7) is 8.85. The van der Waals surface area contributed by atoms with E-state index in [1.165, 1.54) is 18.7 Å². The molecule has 1 fully saturated rings. The maximum absolute atomic E-state index is 6.32. The third-order valence-corrected chi connectivity index (χ3v) is 4.20. The summed E-state index contributed by atoms with van der Waals surface area (Å²) in [5.74, 6) is 4.36. The van der Waals surface area contributed by atoms with Crippen molar-refractivity contribution in [2.45, 2.75) is 58.4 Å². The average molecular weight is 267 g/mol. The molecule has 3 nitrogen and oxygen atoms in total. The van der Waals surface area contributed by atoms with Crippen LogP contribution in [0.2, 0.25) is 0 Å². The first-order chi connectivity index (χ1) is 8.45. The van der Waals surface area contributed by atoms with Crippen LogP contribution in [0.4, 0.5) is 5.82 Å². The maximum atomic E-state index is 6.32. The molecule has 2 rings (SSSR count). The smallest absolute Gasteiger partial charge is 0.127 e. The fourth-order valence-electron chi connectivity index (χ4n) is 2.22. The van der Waals surface area contributed by atoms with E-state index in [1.807, 2.05) is 11.8 Å². The molecule has 0 saturated heterocycles. The number of rotatable bonds is 5. The summed E-state index contributed by atoms with van der Waals surface area (Å²) >= 11 is 1.95. The summed E-state index contributed by atoms with van der Waals surface area (Å²) in [7, 11) is 0. The van der Waals surface area contributed by atoms with E-state index in [9.17, 15) is 0 Å². The predicted octanol–water partition coefficient (Wildman–Crippen LogP) is 3.39. The van der Waals surface area contributed by atoms with Crippen molar-refractivity contribution in [3.05, 3.63) is 11.5 Å². The molecule has 0 aromatic carbocycles. The minimum atomic E-state index is 0.0762. The zero-order valence-corrected chi connectivity index (χ0v) is 12.8. The number of imidazole rings is 1. The van der Waals surface area contributed by atoms with Crippen LogP contribution < -0.4 is 5.73 Å². The fourth-order valence-corrected chi connectivity index (χ4v) is 2.85. The molecular formula is C14H25N3S. The fraction of sp³-hybridized carbons (Fsp3) is 0.786. The van der Waals surface area contributed by atoms with E-state index in [1.54, 1.807) is 0 Å². The van der Waals surface area contributed by atoms with Gasteiger partial charge in [0.05, 0.1) is 5.69 Å². The highest BCUT2D eigenvalue weighted by Crippen LogP contribution is 2.41. The molecule has 1 saturated carbocycles. The number of aromatic nitrogens is 2. The number of nitrogen functional groups attached to an aromatic ring is 1. The van der Waals surface area contributed by atoms with Crippen molar-refractivity contribution in [1.82, 2.24) is 9.55 Å². The summed E-state index contributed by atoms with van der Waals surface area (Å²) in [5, 5.41) is 0. The SMILES string of the molecule is CCSCCc1nc(C(C)(C)C)n(C2CC2)c1N. The Labute approximate surface area is 115 Å². The van der Waals surface area contributed by atoms with Crippen molar-refractivity contribution in [3.8, 4) is 0 Å². The summed E-state index contributed by atoms with van der Waals surface area (Å²) < 4.78 is 2.30. The van der Waals surface area contributed by atoms with Crippen LogP contribution in [0, 0.1) is 0 Å². The van der Waals surface area contributed by atoms with Crippen molar-refractivity contribution in [1.29, 1.82) is 0 Å². The summed E-state index contributed by atoms with van der Waals surface area (Å²) in [6, 6.07) is 0.610. The number of hydrogen-bond donors (Lipinski definition) is 1. The van der Waals surface area contributed by atoms with Gasteiger partial charge in [0.25, 0.3) is 0 Å². The van der Waals surface area contributed by atoms with Crippen LogP contribution in [0.15, 0.2) is 0 Å². The van der Waals surface area contributed by atoms with E-state index in [2.05, 4.69) is 32.3 Å². The number of aryl methyl sites for hydroxylation is 1. The van der Waals surface area contributed by atoms with Gasteiger partial charge in [-0.15, -0.1) is 0 Å². The Hall–Kier alpha value is -0.640. The molecule has 1 heterocycles. The molecule has 1 aliphatic carbocycles. The van der Waals surface area contributed by atoms with E-state index >= 15 is 0 Å². The van der Waals surface area contributed by atoms with E-state index in [0.29, 0.717) is 6.04 Å². The highest BCUT2D eigenvalue weighted by molar-refractivity contribution is 7.99. The molecule has 0 radical (unpaired) electrons. The van der Waals surface area contributed by atoms with Gasteiger partial charge in [0.1, 0.15) is 11.6 Å². The lowest BCUT2D eigenvalue weighted by Gasteiger charge is -2.20. The normalized spacial score (nSPS) is 16.2. The molecule has 1 aliphatic rings. The molecule has 18 heavy (non-hydrogen) atoms. The second kappa shape index (κ2) is 5.16. The van der Waals surface area contributed by atoms with E-state index in [4.69, 9.17) is 10.7 Å². The maximum Gasteiger partial charge on any atom is 0.127 e. The van der Waals surface area contributed by atoms with Crippen molar-refractivity contribution in [2.24, 2.45) is 0 Å². The van der Waals surface area contributed by atoms with Crippen LogP contribution in [0.3, 0.4) is 0 Å². The molecule has 0 atom stereocenters. The monoisotopic (exact) mass is 267 g/mol. The lowest BCUT2D eigenvalue weighted by molar-refractivity contribution is 0.504. The van der Waals surface area contributed by atoms with Crippen LogP contribution in [-0.4, -0.2) is 21.1 Å². The molecule has 0 amide bonds. The van der Waals surface area contributed by atoms with Gasteiger partial charge in [-0.3, -0.25) is 0 Å². The van der Waals surface area contributed by atoms with Gasteiger partial charge in [0, 0.05) is 17.9 Å². The molecule has 0 aliphatic heterocycles. The average Bonchev–Trinajstić information content (AvgIpc) is 3.04. The van der Waals surface area contributed by atoms with Crippen molar-refractivity contribution >= 4 is 17.6 Å². The van der Waals surface area contributed by atoms with Gasteiger partial charge < -0.3 is 10.3 Å². The molecule has 1 aromatic rings. The van der Waals surface area contributed by atoms with Crippen LogP contribution in [0.5, 0.6) is 0 Å². The quantitative estimate of drug-likeness (QED) is 0.832. The van der Waals surface area contributed by atoms with Gasteiger partial charge >= 0.3 is 0 Å². The Morgan fingerprint density at radius 3 is 2.56 bits per heavy atom. The van der Waals surface area contributed by atoms with Gasteiger partial charge in [0.15, 0.2) is 0 Å². The van der Waals surface area contributed by atoms with E-state index in [0.717, 1.165) is 29.4 Å². The summed E-state index contributed by atoms with van der Waals surface area (Å²) in [4.78, 5) is 4.84. The van der Waals surface area contributed by atoms with Crippen LogP contribution in [-0.2, 0) is 11.8 Å². The largest absolute Gasteiger partial charge is 0.384 e. The summed E-state index contributed by atoms with van der Waals surface area (Å²) in [6.07, 6.45) is 3.51. The van der Waals surface area contributed by atoms with Gasteiger partial charge in [0.2, 0.25) is 0 Å². The molecule has 102 valence electrons. The Balaban J connectivity index is 2.26. The van der Waals surface area contributed by atoms with Crippen molar-refractivity contribution < 1.29 is 0 Å². The first-order valence-electron chi connectivity index (χ1n) is 6.90. The number of nitrogens with two attached hydrogens (primary N) is 1. The molecule has 4 heteroatoms. The van der Waals surface area contributed by atoms with Crippen molar-refractivity contribution in [2.75, 3.05) is 17.2 Å². The van der Waals surface area contributed by atoms with Gasteiger partial charge in [-0.1, -0.05) is 27.7 Å². The van der Waals surface area contributed by atoms with Crippen molar-refractivity contribution in [3.63, 3.8) is 0 Å². The predicted molar refractivity (Wildman–Crippen MR) is 80.3 cm³/mol. The highest BCUT2D eigenvalue weighted by Gasteiger charge is 2.33. The number of nitrogens with zero attached hydrogens (tertiary/aromatic N) is 2. The van der Waals surface area contributed by atoms with E-state index in [-0.39, 0.29) is 5.41 Å². The second-order valence-electron chi connectivity index (χ2n) is 6.07. The topological polar surface area (TPSA) is 43.8 Å². The molecule has 0 unspecified atom stereocenters. The van der Waals surface area contributed by atoms with Gasteiger partial charge in [-0.25, -0.2) is 4.98 Å². The number of anilines is 1. The lowest BCUT2D eigenvalue weighted by atomic mass is 9.95. The first-order valence-corrected chi connectivity index (χ1v) is 8.05. The lowest BCUT2D eigenvalue weighted by Crippen LogP contribution is -2.19. The molecule has 0 bridgehead atoms. The molecule has 0 spiro atoms. The van der Waals surface area contributed by atoms with Crippen LogP contribution in [0.25, 0.3) is 0 Å². The van der Waals surface area contributed by atoms with Gasteiger partial charge in [-0.2, -0.15) is 11.8 Å². The Kier molecular flexibility index (Phi) is 3.95. The number of thioether (sulfide) groups is 1. The third-order valence-electron chi connectivity index (χ3n) is 3.29. The van der Waals surface area contributed by atoms with E-state index < -0.39 is 0 Å². The van der Waals surface area contributed by atoms with Gasteiger partial charge in [-0.05, 0) is 24.3 Å². The molecular weight excluding hydrogens is 242 g/mol. The first kappa shape index (κ1) is 13.8. The highest BCUT2D eigenvalue weighted by atomic mass is 32.2. The zero-order valence-electron chi connectivity index (χ0n) is 12.0. The Bertz CT molecular complexity index is 413. The second-order valence-corrected chi connectivity index (χ2v) is 7.46. The molecule has 2 N–H and O–H groups in total.